The van der Waals surface area contributed by atoms with Gasteiger partial charge in [-0.1, -0.05) is 32.0 Å². The molecule has 20 heavy (non-hydrogen) atoms. The van der Waals surface area contributed by atoms with Crippen LogP contribution in [0.2, 0.25) is 0 Å². The molecule has 1 heterocycles. The molecular weight excluding hydrogens is 259 g/mol. The van der Waals surface area contributed by atoms with E-state index < -0.39 is 6.10 Å². The second kappa shape index (κ2) is 5.32. The van der Waals surface area contributed by atoms with Crippen LogP contribution in [-0.4, -0.2) is 21.4 Å². The maximum absolute atomic E-state index is 13.3. The number of halogens is 1. The zero-order valence-corrected chi connectivity index (χ0v) is 12.1. The molecule has 0 aliphatic heterocycles. The van der Waals surface area contributed by atoms with Gasteiger partial charge in [-0.05, 0) is 30.0 Å². The molecule has 0 spiro atoms. The molecule has 1 N–H and O–H groups in total. The average molecular weight is 278 g/mol. The lowest BCUT2D eigenvalue weighted by atomic mass is 9.87. The summed E-state index contributed by atoms with van der Waals surface area (Å²) >= 11 is 0. The zero-order chi connectivity index (χ0) is 14.9. The molecule has 4 nitrogen and oxygen atoms in total. The lowest BCUT2D eigenvalue weighted by Crippen LogP contribution is -2.28. The first kappa shape index (κ1) is 14.7. The zero-order valence-electron chi connectivity index (χ0n) is 12.1. The Morgan fingerprint density at radius 1 is 1.35 bits per heavy atom. The van der Waals surface area contributed by atoms with E-state index in [-0.39, 0.29) is 17.7 Å². The van der Waals surface area contributed by atoms with Crippen molar-refractivity contribution >= 4 is 0 Å². The molecule has 108 valence electrons. The Hall–Kier alpha value is -1.75. The van der Waals surface area contributed by atoms with E-state index in [1.807, 2.05) is 27.7 Å². The number of aromatic nitrogens is 2. The van der Waals surface area contributed by atoms with Crippen molar-refractivity contribution in [3.05, 3.63) is 35.5 Å². The summed E-state index contributed by atoms with van der Waals surface area (Å²) in [4.78, 5) is 4.23. The molecule has 0 saturated heterocycles. The number of hydrogen-bond donors (Lipinski definition) is 1. The lowest BCUT2D eigenvalue weighted by molar-refractivity contribution is 0.0565. The predicted molar refractivity (Wildman–Crippen MR) is 73.6 cm³/mol. The first-order chi connectivity index (χ1) is 9.27. The fraction of sp³-hybridized carbons (Fsp3) is 0.467. The Labute approximate surface area is 117 Å². The average Bonchev–Trinajstić information content (AvgIpc) is 2.79. The van der Waals surface area contributed by atoms with Crippen molar-refractivity contribution in [3.8, 4) is 11.4 Å². The maximum atomic E-state index is 13.3. The molecule has 5 heteroatoms. The number of aryl methyl sites for hydroxylation is 1. The number of hydrogen-bond acceptors (Lipinski definition) is 4. The van der Waals surface area contributed by atoms with Gasteiger partial charge in [-0.15, -0.1) is 0 Å². The van der Waals surface area contributed by atoms with Crippen molar-refractivity contribution in [1.29, 1.82) is 0 Å². The van der Waals surface area contributed by atoms with Crippen LogP contribution in [0.3, 0.4) is 0 Å². The second-order valence-electron chi connectivity index (χ2n) is 6.06. The highest BCUT2D eigenvalue weighted by Gasteiger charge is 2.25. The molecule has 2 aromatic rings. The normalized spacial score (nSPS) is 13.5. The van der Waals surface area contributed by atoms with Crippen molar-refractivity contribution in [2.45, 2.75) is 40.2 Å². The van der Waals surface area contributed by atoms with Crippen LogP contribution in [-0.2, 0) is 6.42 Å². The molecule has 0 amide bonds. The predicted octanol–water partition coefficient (Wildman–Crippen LogP) is 3.13. The van der Waals surface area contributed by atoms with Crippen LogP contribution in [0, 0.1) is 18.2 Å². The Bertz CT molecular complexity index is 602. The molecule has 0 aliphatic rings. The fourth-order valence-electron chi connectivity index (χ4n) is 1.75. The highest BCUT2D eigenvalue weighted by atomic mass is 19.1. The summed E-state index contributed by atoms with van der Waals surface area (Å²) in [7, 11) is 0. The molecule has 1 aromatic carbocycles. The van der Waals surface area contributed by atoms with Gasteiger partial charge in [0.25, 0.3) is 0 Å². The van der Waals surface area contributed by atoms with E-state index in [4.69, 9.17) is 4.52 Å². The van der Waals surface area contributed by atoms with E-state index in [0.29, 0.717) is 17.3 Å². The third kappa shape index (κ3) is 3.22. The van der Waals surface area contributed by atoms with E-state index in [1.54, 1.807) is 6.07 Å². The van der Waals surface area contributed by atoms with Gasteiger partial charge in [-0.2, -0.15) is 4.98 Å². The van der Waals surface area contributed by atoms with Crippen LogP contribution in [0.1, 0.15) is 32.2 Å². The third-order valence-corrected chi connectivity index (χ3v) is 3.28. The lowest BCUT2D eigenvalue weighted by Gasteiger charge is -2.24. The maximum Gasteiger partial charge on any atom is 0.229 e. The van der Waals surface area contributed by atoms with Gasteiger partial charge < -0.3 is 9.63 Å². The van der Waals surface area contributed by atoms with Crippen molar-refractivity contribution < 1.29 is 14.0 Å². The minimum Gasteiger partial charge on any atom is -0.392 e. The van der Waals surface area contributed by atoms with Gasteiger partial charge in [0.05, 0.1) is 12.5 Å². The van der Waals surface area contributed by atoms with Gasteiger partial charge in [0, 0.05) is 5.56 Å². The fourth-order valence-corrected chi connectivity index (χ4v) is 1.75. The standard InChI is InChI=1S/C15H19FN2O2/c1-9-5-6-10(16)7-11(9)14-17-13(20-18-14)8-12(19)15(2,3)4/h5-7,12,19H,8H2,1-4H3. The van der Waals surface area contributed by atoms with Crippen LogP contribution in [0.5, 0.6) is 0 Å². The molecule has 1 aromatic heterocycles. The molecule has 0 fully saturated rings. The minimum absolute atomic E-state index is 0.261. The van der Waals surface area contributed by atoms with E-state index in [9.17, 15) is 9.50 Å². The highest BCUT2D eigenvalue weighted by Crippen LogP contribution is 2.24. The number of benzene rings is 1. The number of aliphatic hydroxyl groups is 1. The topological polar surface area (TPSA) is 59.2 Å². The summed E-state index contributed by atoms with van der Waals surface area (Å²) in [6, 6.07) is 4.44. The number of rotatable bonds is 3. The van der Waals surface area contributed by atoms with Crippen molar-refractivity contribution in [2.24, 2.45) is 5.41 Å². The van der Waals surface area contributed by atoms with Gasteiger partial charge in [0.15, 0.2) is 0 Å². The summed E-state index contributed by atoms with van der Waals surface area (Å²) < 4.78 is 18.4. The Morgan fingerprint density at radius 3 is 2.70 bits per heavy atom. The van der Waals surface area contributed by atoms with Gasteiger partial charge in [-0.25, -0.2) is 4.39 Å². The van der Waals surface area contributed by atoms with Crippen LogP contribution in [0.25, 0.3) is 11.4 Å². The molecule has 1 unspecified atom stereocenters. The summed E-state index contributed by atoms with van der Waals surface area (Å²) in [5.74, 6) is 0.357. The number of aliphatic hydroxyl groups excluding tert-OH is 1. The smallest absolute Gasteiger partial charge is 0.229 e. The Morgan fingerprint density at radius 2 is 2.05 bits per heavy atom. The number of nitrogens with zero attached hydrogens (tertiary/aromatic N) is 2. The first-order valence-corrected chi connectivity index (χ1v) is 6.54. The van der Waals surface area contributed by atoms with Crippen LogP contribution >= 0.6 is 0 Å². The minimum atomic E-state index is -0.579. The van der Waals surface area contributed by atoms with Gasteiger partial charge in [-0.3, -0.25) is 0 Å². The summed E-state index contributed by atoms with van der Waals surface area (Å²) in [5, 5.41) is 13.9. The molecule has 2 rings (SSSR count). The second-order valence-corrected chi connectivity index (χ2v) is 6.06. The van der Waals surface area contributed by atoms with Crippen LogP contribution in [0.4, 0.5) is 4.39 Å². The van der Waals surface area contributed by atoms with Crippen molar-refractivity contribution in [1.82, 2.24) is 10.1 Å². The molecule has 0 aliphatic carbocycles. The summed E-state index contributed by atoms with van der Waals surface area (Å²) in [6.07, 6.45) is -0.297. The van der Waals surface area contributed by atoms with Crippen LogP contribution in [0.15, 0.2) is 22.7 Å². The highest BCUT2D eigenvalue weighted by molar-refractivity contribution is 5.59. The van der Waals surface area contributed by atoms with Gasteiger partial charge in [0.2, 0.25) is 11.7 Å². The van der Waals surface area contributed by atoms with E-state index >= 15 is 0 Å². The van der Waals surface area contributed by atoms with Crippen molar-refractivity contribution in [3.63, 3.8) is 0 Å². The van der Waals surface area contributed by atoms with E-state index in [2.05, 4.69) is 10.1 Å². The monoisotopic (exact) mass is 278 g/mol. The summed E-state index contributed by atoms with van der Waals surface area (Å²) in [6.45, 7) is 7.66. The molecule has 0 radical (unpaired) electrons. The Balaban J connectivity index is 2.23. The SMILES string of the molecule is Cc1ccc(F)cc1-c1noc(CC(O)C(C)(C)C)n1. The first-order valence-electron chi connectivity index (χ1n) is 6.54. The van der Waals surface area contributed by atoms with Gasteiger partial charge >= 0.3 is 0 Å². The largest absolute Gasteiger partial charge is 0.392 e. The van der Waals surface area contributed by atoms with Crippen LogP contribution < -0.4 is 0 Å². The summed E-state index contributed by atoms with van der Waals surface area (Å²) in [5.41, 5.74) is 1.21. The van der Waals surface area contributed by atoms with Crippen molar-refractivity contribution in [2.75, 3.05) is 0 Å². The molecule has 0 saturated carbocycles. The van der Waals surface area contributed by atoms with E-state index in [0.717, 1.165) is 5.56 Å². The van der Waals surface area contributed by atoms with Gasteiger partial charge in [0.1, 0.15) is 5.82 Å². The molecule has 0 bridgehead atoms. The quantitative estimate of drug-likeness (QED) is 0.937. The molecule has 1 atom stereocenters. The third-order valence-electron chi connectivity index (χ3n) is 3.28. The molecular formula is C15H19FN2O2. The Kier molecular flexibility index (Phi) is 3.90. The van der Waals surface area contributed by atoms with E-state index in [1.165, 1.54) is 12.1 Å².